The molecule has 0 heterocycles. The lowest BCUT2D eigenvalue weighted by atomic mass is 9.99. The zero-order valence-corrected chi connectivity index (χ0v) is 15.6. The Morgan fingerprint density at radius 1 is 1.12 bits per heavy atom. The summed E-state index contributed by atoms with van der Waals surface area (Å²) in [6.45, 7) is 9.93. The molecule has 4 nitrogen and oxygen atoms in total. The van der Waals surface area contributed by atoms with Crippen LogP contribution < -0.4 is 10.1 Å². The van der Waals surface area contributed by atoms with Crippen molar-refractivity contribution in [3.05, 3.63) is 64.2 Å². The van der Waals surface area contributed by atoms with Crippen LogP contribution in [0.25, 0.3) is 0 Å². The molecule has 0 bridgehead atoms. The molecule has 0 radical (unpaired) electrons. The van der Waals surface area contributed by atoms with Crippen LogP contribution in [0.2, 0.25) is 0 Å². The number of hydrogen-bond donors (Lipinski definition) is 2. The summed E-state index contributed by atoms with van der Waals surface area (Å²) in [4.78, 5) is 12.5. The van der Waals surface area contributed by atoms with Gasteiger partial charge in [-0.2, -0.15) is 0 Å². The maximum absolute atomic E-state index is 12.5. The van der Waals surface area contributed by atoms with Crippen LogP contribution in [0, 0.1) is 20.8 Å². The molecular weight excluding hydrogens is 314 g/mol. The van der Waals surface area contributed by atoms with Crippen LogP contribution in [-0.2, 0) is 0 Å². The molecule has 2 rings (SSSR count). The second kappa shape index (κ2) is 8.17. The highest BCUT2D eigenvalue weighted by atomic mass is 16.5. The van der Waals surface area contributed by atoms with Crippen LogP contribution in [0.5, 0.6) is 5.75 Å². The highest BCUT2D eigenvalue weighted by molar-refractivity contribution is 5.97. The van der Waals surface area contributed by atoms with Crippen LogP contribution >= 0.6 is 0 Å². The minimum atomic E-state index is -0.786. The van der Waals surface area contributed by atoms with E-state index in [-0.39, 0.29) is 18.6 Å². The fraction of sp³-hybridized carbons (Fsp3) is 0.381. The molecule has 0 aliphatic carbocycles. The SMILES string of the molecule is Cc1cc(C)c(C(=O)NCC(O)c2cccc(OC(C)C)c2)c(C)c1. The Kier molecular flexibility index (Phi) is 6.21. The second-order valence-corrected chi connectivity index (χ2v) is 6.74. The van der Waals surface area contributed by atoms with Crippen molar-refractivity contribution < 1.29 is 14.6 Å². The van der Waals surface area contributed by atoms with Gasteiger partial charge in [0.2, 0.25) is 0 Å². The molecule has 1 atom stereocenters. The number of aliphatic hydroxyl groups is 1. The van der Waals surface area contributed by atoms with Gasteiger partial charge in [-0.25, -0.2) is 0 Å². The first-order valence-corrected chi connectivity index (χ1v) is 8.58. The van der Waals surface area contributed by atoms with Crippen molar-refractivity contribution in [1.82, 2.24) is 5.32 Å². The van der Waals surface area contributed by atoms with Gasteiger partial charge >= 0.3 is 0 Å². The van der Waals surface area contributed by atoms with Gasteiger partial charge in [0, 0.05) is 12.1 Å². The van der Waals surface area contributed by atoms with Gasteiger partial charge in [-0.05, 0) is 63.4 Å². The summed E-state index contributed by atoms with van der Waals surface area (Å²) in [5.74, 6) is 0.548. The first-order valence-electron chi connectivity index (χ1n) is 8.58. The van der Waals surface area contributed by atoms with E-state index in [0.717, 1.165) is 22.3 Å². The molecule has 0 aliphatic rings. The van der Waals surface area contributed by atoms with Gasteiger partial charge in [-0.3, -0.25) is 4.79 Å². The molecule has 0 aliphatic heterocycles. The Balaban J connectivity index is 2.05. The molecule has 1 amide bonds. The van der Waals surface area contributed by atoms with Crippen LogP contribution in [0.15, 0.2) is 36.4 Å². The molecular formula is C21H27NO3. The molecule has 2 N–H and O–H groups in total. The topological polar surface area (TPSA) is 58.6 Å². The lowest BCUT2D eigenvalue weighted by Crippen LogP contribution is -2.29. The summed E-state index contributed by atoms with van der Waals surface area (Å²) in [5.41, 5.74) is 4.41. The molecule has 0 fully saturated rings. The number of aliphatic hydroxyl groups excluding tert-OH is 1. The monoisotopic (exact) mass is 341 g/mol. The maximum Gasteiger partial charge on any atom is 0.251 e. The average molecular weight is 341 g/mol. The number of benzene rings is 2. The molecule has 25 heavy (non-hydrogen) atoms. The molecule has 2 aromatic rings. The van der Waals surface area contributed by atoms with Crippen molar-refractivity contribution in [2.24, 2.45) is 0 Å². The summed E-state index contributed by atoms with van der Waals surface area (Å²) < 4.78 is 5.64. The van der Waals surface area contributed by atoms with Crippen molar-refractivity contribution >= 4 is 5.91 Å². The minimum absolute atomic E-state index is 0.0691. The first-order chi connectivity index (χ1) is 11.8. The number of carbonyl (C=O) groups is 1. The van der Waals surface area contributed by atoms with Gasteiger partial charge in [0.15, 0.2) is 0 Å². The Bertz CT molecular complexity index is 730. The Morgan fingerprint density at radius 2 is 1.76 bits per heavy atom. The molecule has 1 unspecified atom stereocenters. The molecule has 0 aromatic heterocycles. The average Bonchev–Trinajstić information content (AvgIpc) is 2.51. The normalized spacial score (nSPS) is 12.1. The van der Waals surface area contributed by atoms with E-state index >= 15 is 0 Å². The Labute approximate surface area is 149 Å². The molecule has 4 heteroatoms. The number of nitrogens with one attached hydrogen (secondary N) is 1. The summed E-state index contributed by atoms with van der Waals surface area (Å²) in [7, 11) is 0. The van der Waals surface area contributed by atoms with Crippen molar-refractivity contribution in [3.8, 4) is 5.75 Å². The lowest BCUT2D eigenvalue weighted by molar-refractivity contribution is 0.0915. The Hall–Kier alpha value is -2.33. The number of carbonyl (C=O) groups excluding carboxylic acids is 1. The summed E-state index contributed by atoms with van der Waals surface area (Å²) in [5, 5.41) is 13.2. The van der Waals surface area contributed by atoms with Crippen LogP contribution in [0.3, 0.4) is 0 Å². The fourth-order valence-electron chi connectivity index (χ4n) is 3.00. The predicted molar refractivity (Wildman–Crippen MR) is 100 cm³/mol. The van der Waals surface area contributed by atoms with Gasteiger partial charge < -0.3 is 15.2 Å². The minimum Gasteiger partial charge on any atom is -0.491 e. The number of rotatable bonds is 6. The van der Waals surface area contributed by atoms with Gasteiger partial charge in [-0.15, -0.1) is 0 Å². The summed E-state index contributed by atoms with van der Waals surface area (Å²) >= 11 is 0. The van der Waals surface area contributed by atoms with Crippen molar-refractivity contribution in [1.29, 1.82) is 0 Å². The predicted octanol–water partition coefficient (Wildman–Crippen LogP) is 3.86. The zero-order valence-electron chi connectivity index (χ0n) is 15.6. The van der Waals surface area contributed by atoms with Gasteiger partial charge in [-0.1, -0.05) is 29.8 Å². The number of hydrogen-bond acceptors (Lipinski definition) is 3. The van der Waals surface area contributed by atoms with Crippen LogP contribution in [-0.4, -0.2) is 23.7 Å². The van der Waals surface area contributed by atoms with Crippen LogP contribution in [0.4, 0.5) is 0 Å². The first kappa shape index (κ1) is 19.0. The largest absolute Gasteiger partial charge is 0.491 e. The number of aryl methyl sites for hydroxylation is 3. The van der Waals surface area contributed by atoms with Crippen molar-refractivity contribution in [2.75, 3.05) is 6.54 Å². The van der Waals surface area contributed by atoms with Crippen molar-refractivity contribution in [2.45, 2.75) is 46.8 Å². The van der Waals surface area contributed by atoms with E-state index in [4.69, 9.17) is 4.74 Å². The highest BCUT2D eigenvalue weighted by Gasteiger charge is 2.15. The quantitative estimate of drug-likeness (QED) is 0.839. The van der Waals surface area contributed by atoms with Gasteiger partial charge in [0.05, 0.1) is 12.2 Å². The lowest BCUT2D eigenvalue weighted by Gasteiger charge is -2.16. The smallest absolute Gasteiger partial charge is 0.251 e. The van der Waals surface area contributed by atoms with E-state index in [9.17, 15) is 9.90 Å². The Morgan fingerprint density at radius 3 is 2.36 bits per heavy atom. The van der Waals surface area contributed by atoms with E-state index in [1.54, 1.807) is 6.07 Å². The van der Waals surface area contributed by atoms with E-state index in [1.807, 2.05) is 65.0 Å². The molecule has 134 valence electrons. The highest BCUT2D eigenvalue weighted by Crippen LogP contribution is 2.21. The maximum atomic E-state index is 12.5. The fourth-order valence-corrected chi connectivity index (χ4v) is 3.00. The molecule has 0 saturated heterocycles. The standard InChI is InChI=1S/C21H27NO3/c1-13(2)25-18-8-6-7-17(11-18)19(23)12-22-21(24)20-15(4)9-14(3)10-16(20)5/h6-11,13,19,23H,12H2,1-5H3,(H,22,24). The third kappa shape index (κ3) is 5.07. The summed E-state index contributed by atoms with van der Waals surface area (Å²) in [6.07, 6.45) is -0.717. The molecule has 0 spiro atoms. The van der Waals surface area contributed by atoms with Gasteiger partial charge in [0.25, 0.3) is 5.91 Å². The third-order valence-corrected chi connectivity index (χ3v) is 3.97. The van der Waals surface area contributed by atoms with E-state index in [1.165, 1.54) is 0 Å². The van der Waals surface area contributed by atoms with Crippen molar-refractivity contribution in [3.63, 3.8) is 0 Å². The summed E-state index contributed by atoms with van der Waals surface area (Å²) in [6, 6.07) is 11.3. The second-order valence-electron chi connectivity index (χ2n) is 6.74. The zero-order chi connectivity index (χ0) is 18.6. The number of amides is 1. The van der Waals surface area contributed by atoms with E-state index in [0.29, 0.717) is 11.3 Å². The van der Waals surface area contributed by atoms with Gasteiger partial charge in [0.1, 0.15) is 5.75 Å². The molecule has 2 aromatic carbocycles. The van der Waals surface area contributed by atoms with Crippen LogP contribution in [0.1, 0.15) is 52.6 Å². The van der Waals surface area contributed by atoms with E-state index < -0.39 is 6.10 Å². The molecule has 0 saturated carbocycles. The van der Waals surface area contributed by atoms with E-state index in [2.05, 4.69) is 5.32 Å². The number of ether oxygens (including phenoxy) is 1. The third-order valence-electron chi connectivity index (χ3n) is 3.97.